The molecule has 0 heterocycles. The van der Waals surface area contributed by atoms with Crippen molar-refractivity contribution in [2.24, 2.45) is 0 Å². The van der Waals surface area contributed by atoms with Gasteiger partial charge in [-0.25, -0.2) is 0 Å². The van der Waals surface area contributed by atoms with Crippen molar-refractivity contribution >= 4 is 23.1 Å². The van der Waals surface area contributed by atoms with Gasteiger partial charge in [0.25, 0.3) is 0 Å². The number of aryl methyl sites for hydroxylation is 1. The van der Waals surface area contributed by atoms with Crippen LogP contribution in [0.15, 0.2) is 36.4 Å². The fourth-order valence-electron chi connectivity index (χ4n) is 2.27. The first-order valence-electron chi connectivity index (χ1n) is 8.27. The van der Waals surface area contributed by atoms with E-state index in [0.29, 0.717) is 18.5 Å². The van der Waals surface area contributed by atoms with Gasteiger partial charge in [0.15, 0.2) is 0 Å². The second kappa shape index (κ2) is 8.99. The molecule has 0 atom stereocenters. The summed E-state index contributed by atoms with van der Waals surface area (Å²) in [7, 11) is 1.37. The van der Waals surface area contributed by atoms with E-state index >= 15 is 0 Å². The minimum Gasteiger partial charge on any atom is -0.505 e. The number of carbonyl (C=O) groups is 1. The van der Waals surface area contributed by atoms with Crippen LogP contribution in [0.3, 0.4) is 0 Å². The number of nitrogens with one attached hydrogen (secondary N) is 2. The van der Waals surface area contributed by atoms with Crippen LogP contribution >= 0.6 is 0 Å². The molecule has 0 saturated heterocycles. The van der Waals surface area contributed by atoms with Gasteiger partial charge in [0, 0.05) is 12.0 Å². The van der Waals surface area contributed by atoms with Crippen LogP contribution in [0.4, 0.5) is 5.69 Å². The second-order valence-corrected chi connectivity index (χ2v) is 6.95. The van der Waals surface area contributed by atoms with Crippen molar-refractivity contribution in [1.29, 1.82) is 10.8 Å². The fraction of sp³-hybridized carbons (Fsp3) is 0.350. The predicted octanol–water partition coefficient (Wildman–Crippen LogP) is 3.53. The lowest BCUT2D eigenvalue weighted by Gasteiger charge is -2.22. The molecule has 0 fully saturated rings. The molecule has 6 heteroatoms. The zero-order chi connectivity index (χ0) is 19.9. The highest BCUT2D eigenvalue weighted by Crippen LogP contribution is 2.36. The molecule has 0 spiro atoms. The highest BCUT2D eigenvalue weighted by Gasteiger charge is 2.20. The van der Waals surface area contributed by atoms with Crippen molar-refractivity contribution in [1.82, 2.24) is 0 Å². The number of rotatable bonds is 3. The lowest BCUT2D eigenvalue weighted by atomic mass is 9.84. The lowest BCUT2D eigenvalue weighted by Crippen LogP contribution is -2.13. The van der Waals surface area contributed by atoms with E-state index in [9.17, 15) is 9.90 Å². The summed E-state index contributed by atoms with van der Waals surface area (Å²) in [5.74, 6) is -0.122. The molecule has 1 aromatic rings. The Hall–Kier alpha value is -2.89. The average molecular weight is 357 g/mol. The second-order valence-electron chi connectivity index (χ2n) is 6.95. The average Bonchev–Trinajstić information content (AvgIpc) is 2.57. The van der Waals surface area contributed by atoms with Crippen molar-refractivity contribution < 1.29 is 14.6 Å². The van der Waals surface area contributed by atoms with Crippen LogP contribution in [0.5, 0.6) is 5.75 Å². The zero-order valence-electron chi connectivity index (χ0n) is 15.7. The van der Waals surface area contributed by atoms with Crippen LogP contribution in [0.1, 0.15) is 38.3 Å². The maximum Gasteiger partial charge on any atom is 0.305 e. The van der Waals surface area contributed by atoms with E-state index in [4.69, 9.17) is 16.6 Å². The Morgan fingerprint density at radius 3 is 2.12 bits per heavy atom. The largest absolute Gasteiger partial charge is 0.505 e. The molecule has 2 rings (SSSR count). The Kier molecular flexibility index (Phi) is 7.31. The molecule has 140 valence electrons. The first kappa shape index (κ1) is 21.2. The summed E-state index contributed by atoms with van der Waals surface area (Å²) in [5.41, 5.74) is 8.24. The topological polar surface area (TPSA) is 120 Å². The van der Waals surface area contributed by atoms with Gasteiger partial charge in [-0.3, -0.25) is 15.6 Å². The molecule has 0 bridgehead atoms. The molecule has 1 aromatic carbocycles. The number of hydrogen-bond donors (Lipinski definition) is 4. The van der Waals surface area contributed by atoms with E-state index in [1.807, 2.05) is 26.8 Å². The summed E-state index contributed by atoms with van der Waals surface area (Å²) in [4.78, 5) is 11.1. The molecule has 5 N–H and O–H groups in total. The fourth-order valence-corrected chi connectivity index (χ4v) is 2.27. The summed E-state index contributed by atoms with van der Waals surface area (Å²) in [6, 6.07) is 3.60. The van der Waals surface area contributed by atoms with Crippen molar-refractivity contribution in [3.05, 3.63) is 47.6 Å². The van der Waals surface area contributed by atoms with E-state index in [1.165, 1.54) is 7.11 Å². The molecule has 0 aromatic heterocycles. The number of esters is 1. The third-order valence-corrected chi connectivity index (χ3v) is 3.78. The molecule has 0 unspecified atom stereocenters. The Morgan fingerprint density at radius 2 is 1.69 bits per heavy atom. The van der Waals surface area contributed by atoms with Gasteiger partial charge in [-0.15, -0.1) is 0 Å². The zero-order valence-corrected chi connectivity index (χ0v) is 15.7. The SMILES string of the molecule is COC(=O)CCc1cc(N)c(O)c(C(C)(C)C)c1.N=C1C=CC=CC1=N. The van der Waals surface area contributed by atoms with Gasteiger partial charge in [-0.1, -0.05) is 39.0 Å². The number of nitrogen functional groups attached to an aromatic ring is 1. The van der Waals surface area contributed by atoms with Gasteiger partial charge in [-0.05, 0) is 35.6 Å². The predicted molar refractivity (Wildman–Crippen MR) is 105 cm³/mol. The normalized spacial score (nSPS) is 13.2. The number of aromatic hydroxyl groups is 1. The van der Waals surface area contributed by atoms with Gasteiger partial charge >= 0.3 is 5.97 Å². The highest BCUT2D eigenvalue weighted by molar-refractivity contribution is 6.48. The quantitative estimate of drug-likeness (QED) is 0.286. The van der Waals surface area contributed by atoms with Crippen molar-refractivity contribution in [2.75, 3.05) is 12.8 Å². The van der Waals surface area contributed by atoms with Crippen LogP contribution in [-0.2, 0) is 21.4 Å². The minimum atomic E-state index is -0.251. The number of methoxy groups -OCH3 is 1. The lowest BCUT2D eigenvalue weighted by molar-refractivity contribution is -0.140. The Morgan fingerprint density at radius 1 is 1.15 bits per heavy atom. The Balaban J connectivity index is 0.000000350. The van der Waals surface area contributed by atoms with Crippen molar-refractivity contribution in [3.8, 4) is 5.75 Å². The Labute approximate surface area is 154 Å². The summed E-state index contributed by atoms with van der Waals surface area (Å²) in [6.45, 7) is 6.02. The summed E-state index contributed by atoms with van der Waals surface area (Å²) in [6.07, 6.45) is 7.57. The molecule has 1 aliphatic carbocycles. The summed E-state index contributed by atoms with van der Waals surface area (Å²) in [5, 5.41) is 24.0. The molecule has 26 heavy (non-hydrogen) atoms. The summed E-state index contributed by atoms with van der Waals surface area (Å²) >= 11 is 0. The number of anilines is 1. The van der Waals surface area contributed by atoms with Gasteiger partial charge in [-0.2, -0.15) is 0 Å². The van der Waals surface area contributed by atoms with E-state index in [1.54, 1.807) is 30.4 Å². The van der Waals surface area contributed by atoms with Gasteiger partial charge < -0.3 is 15.6 Å². The number of hydrogen-bond acceptors (Lipinski definition) is 6. The number of carbonyl (C=O) groups excluding carboxylic acids is 1. The number of allylic oxidation sites excluding steroid dienone is 4. The van der Waals surface area contributed by atoms with E-state index < -0.39 is 0 Å². The molecule has 6 nitrogen and oxygen atoms in total. The van der Waals surface area contributed by atoms with Gasteiger partial charge in [0.05, 0.1) is 24.2 Å². The number of phenols is 1. The maximum atomic E-state index is 11.1. The number of benzene rings is 1. The molecule has 0 amide bonds. The summed E-state index contributed by atoms with van der Waals surface area (Å²) < 4.78 is 4.60. The first-order chi connectivity index (χ1) is 12.1. The standard InChI is InChI=1S/C14H21NO3.C6H6N2/c1-14(2,3)10-7-9(5-6-12(16)18-4)8-11(15)13(10)17;7-5-3-1-2-4-6(5)8/h7-8,17H,5-6,15H2,1-4H3;1-4,7-8H. The maximum absolute atomic E-state index is 11.1. The van der Waals surface area contributed by atoms with Crippen LogP contribution in [0.2, 0.25) is 0 Å². The van der Waals surface area contributed by atoms with Crippen LogP contribution in [0.25, 0.3) is 0 Å². The highest BCUT2D eigenvalue weighted by atomic mass is 16.5. The van der Waals surface area contributed by atoms with Gasteiger partial charge in [0.1, 0.15) is 5.75 Å². The third-order valence-electron chi connectivity index (χ3n) is 3.78. The number of phenolic OH excluding ortho intramolecular Hbond substituents is 1. The van der Waals surface area contributed by atoms with E-state index in [-0.39, 0.29) is 28.6 Å². The molecular formula is C20H27N3O3. The van der Waals surface area contributed by atoms with E-state index in [0.717, 1.165) is 11.1 Å². The first-order valence-corrected chi connectivity index (χ1v) is 8.27. The molecule has 1 aliphatic rings. The monoisotopic (exact) mass is 357 g/mol. The number of ether oxygens (including phenoxy) is 1. The van der Waals surface area contributed by atoms with E-state index in [2.05, 4.69) is 4.74 Å². The van der Waals surface area contributed by atoms with Crippen LogP contribution in [0, 0.1) is 10.8 Å². The molecule has 0 aliphatic heterocycles. The molecule has 0 saturated carbocycles. The smallest absolute Gasteiger partial charge is 0.305 e. The third kappa shape index (κ3) is 6.20. The minimum absolute atomic E-state index is 0.129. The van der Waals surface area contributed by atoms with Crippen LogP contribution < -0.4 is 5.73 Å². The number of nitrogens with two attached hydrogens (primary N) is 1. The molecule has 0 radical (unpaired) electrons. The van der Waals surface area contributed by atoms with Crippen LogP contribution in [-0.4, -0.2) is 29.6 Å². The molecular weight excluding hydrogens is 330 g/mol. The Bertz CT molecular complexity index is 734. The van der Waals surface area contributed by atoms with Crippen molar-refractivity contribution in [3.63, 3.8) is 0 Å². The van der Waals surface area contributed by atoms with Gasteiger partial charge in [0.2, 0.25) is 0 Å². The van der Waals surface area contributed by atoms with Crippen molar-refractivity contribution in [2.45, 2.75) is 39.0 Å².